The van der Waals surface area contributed by atoms with E-state index in [4.69, 9.17) is 0 Å². The maximum Gasteiger partial charge on any atom is 0.159 e. The highest BCUT2D eigenvalue weighted by Gasteiger charge is 2.40. The summed E-state index contributed by atoms with van der Waals surface area (Å²) < 4.78 is 0. The lowest BCUT2D eigenvalue weighted by molar-refractivity contribution is -0.00959. The first-order valence-electron chi connectivity index (χ1n) is 6.49. The molecule has 3 nitrogen and oxygen atoms in total. The van der Waals surface area contributed by atoms with Gasteiger partial charge >= 0.3 is 0 Å². The highest BCUT2D eigenvalue weighted by atomic mass is 16.3. The monoisotopic (exact) mass is 266 g/mol. The van der Waals surface area contributed by atoms with Crippen molar-refractivity contribution in [1.82, 2.24) is 9.97 Å². The van der Waals surface area contributed by atoms with Crippen LogP contribution in [-0.4, -0.2) is 15.1 Å². The van der Waals surface area contributed by atoms with Crippen molar-refractivity contribution >= 4 is 0 Å². The van der Waals surface area contributed by atoms with E-state index >= 15 is 0 Å². The van der Waals surface area contributed by atoms with Crippen LogP contribution in [-0.2, 0) is 5.60 Å². The van der Waals surface area contributed by atoms with Gasteiger partial charge in [-0.25, -0.2) is 9.97 Å². The molecule has 0 saturated heterocycles. The van der Waals surface area contributed by atoms with Crippen molar-refractivity contribution < 1.29 is 5.11 Å². The molecule has 2 rings (SSSR count). The number of aliphatic hydroxyl groups is 1. The molecule has 0 bridgehead atoms. The minimum Gasteiger partial charge on any atom is -0.373 e. The van der Waals surface area contributed by atoms with E-state index in [1.807, 2.05) is 51.1 Å². The first-order valence-corrected chi connectivity index (χ1v) is 6.49. The van der Waals surface area contributed by atoms with Crippen LogP contribution in [0.25, 0.3) is 0 Å². The Labute approximate surface area is 119 Å². The van der Waals surface area contributed by atoms with Crippen LogP contribution in [0.15, 0.2) is 49.1 Å². The Bertz CT molecular complexity index is 621. The van der Waals surface area contributed by atoms with E-state index in [0.717, 1.165) is 5.56 Å². The van der Waals surface area contributed by atoms with Gasteiger partial charge in [0.15, 0.2) is 5.60 Å². The fourth-order valence-corrected chi connectivity index (χ4v) is 1.86. The van der Waals surface area contributed by atoms with Crippen molar-refractivity contribution in [2.24, 2.45) is 5.41 Å². The van der Waals surface area contributed by atoms with Crippen LogP contribution in [0.1, 0.15) is 31.9 Å². The van der Waals surface area contributed by atoms with Gasteiger partial charge < -0.3 is 5.11 Å². The molecule has 102 valence electrons. The quantitative estimate of drug-likeness (QED) is 0.807. The first kappa shape index (κ1) is 14.2. The van der Waals surface area contributed by atoms with Crippen molar-refractivity contribution in [3.05, 3.63) is 60.2 Å². The molecule has 1 N–H and O–H groups in total. The Kier molecular flexibility index (Phi) is 3.87. The Morgan fingerprint density at radius 3 is 2.15 bits per heavy atom. The van der Waals surface area contributed by atoms with E-state index in [1.165, 1.54) is 6.33 Å². The molecule has 1 aromatic heterocycles. The van der Waals surface area contributed by atoms with E-state index in [2.05, 4.69) is 21.8 Å². The van der Waals surface area contributed by atoms with Crippen LogP contribution >= 0.6 is 0 Å². The number of benzene rings is 1. The van der Waals surface area contributed by atoms with E-state index in [9.17, 15) is 5.11 Å². The fourth-order valence-electron chi connectivity index (χ4n) is 1.86. The van der Waals surface area contributed by atoms with Gasteiger partial charge in [0.25, 0.3) is 0 Å². The van der Waals surface area contributed by atoms with E-state index in [0.29, 0.717) is 5.56 Å². The zero-order chi connectivity index (χ0) is 14.6. The third-order valence-electron chi connectivity index (χ3n) is 3.23. The summed E-state index contributed by atoms with van der Waals surface area (Å²) in [6.45, 7) is 5.83. The summed E-state index contributed by atoms with van der Waals surface area (Å²) in [5.74, 6) is 6.03. The summed E-state index contributed by atoms with van der Waals surface area (Å²) in [4.78, 5) is 7.96. The second-order valence-electron chi connectivity index (χ2n) is 5.70. The van der Waals surface area contributed by atoms with Crippen molar-refractivity contribution in [3.8, 4) is 11.8 Å². The Hall–Kier alpha value is -2.18. The van der Waals surface area contributed by atoms with Gasteiger partial charge in [-0.15, -0.1) is 0 Å². The molecule has 0 spiro atoms. The second-order valence-corrected chi connectivity index (χ2v) is 5.70. The lowest BCUT2D eigenvalue weighted by Gasteiger charge is -2.35. The molecule has 3 heteroatoms. The molecule has 1 atom stereocenters. The first-order chi connectivity index (χ1) is 9.43. The smallest absolute Gasteiger partial charge is 0.159 e. The van der Waals surface area contributed by atoms with Crippen molar-refractivity contribution in [2.75, 3.05) is 0 Å². The molecular weight excluding hydrogens is 248 g/mol. The summed E-state index contributed by atoms with van der Waals surface area (Å²) in [6.07, 6.45) is 4.66. The standard InChI is InChI=1S/C17H18N2O/c1-16(2,3)17(20,15-11-18-13-19-12-15)10-9-14-7-5-4-6-8-14/h4-8,11-13,20H,1-3H3. The highest BCUT2D eigenvalue weighted by Crippen LogP contribution is 2.38. The molecule has 0 radical (unpaired) electrons. The average molecular weight is 266 g/mol. The van der Waals surface area contributed by atoms with Gasteiger partial charge in [-0.2, -0.15) is 0 Å². The van der Waals surface area contributed by atoms with Crippen LogP contribution in [0.2, 0.25) is 0 Å². The molecule has 0 aliphatic heterocycles. The van der Waals surface area contributed by atoms with Crippen LogP contribution < -0.4 is 0 Å². The van der Waals surface area contributed by atoms with Gasteiger partial charge in [0.2, 0.25) is 0 Å². The molecule has 2 aromatic rings. The zero-order valence-corrected chi connectivity index (χ0v) is 12.0. The largest absolute Gasteiger partial charge is 0.373 e. The predicted octanol–water partition coefficient (Wildman–Crippen LogP) is 2.76. The molecule has 1 heterocycles. The van der Waals surface area contributed by atoms with Crippen molar-refractivity contribution in [2.45, 2.75) is 26.4 Å². The SMILES string of the molecule is CC(C)(C)C(O)(C#Cc1ccccc1)c1cncnc1. The van der Waals surface area contributed by atoms with Crippen molar-refractivity contribution in [3.63, 3.8) is 0 Å². The lowest BCUT2D eigenvalue weighted by atomic mass is 9.73. The molecule has 0 saturated carbocycles. The zero-order valence-electron chi connectivity index (χ0n) is 12.0. The van der Waals surface area contributed by atoms with Gasteiger partial charge in [-0.3, -0.25) is 0 Å². The summed E-state index contributed by atoms with van der Waals surface area (Å²) in [5, 5.41) is 11.0. The molecule has 1 unspecified atom stereocenters. The van der Waals surface area contributed by atoms with Crippen LogP contribution in [0.3, 0.4) is 0 Å². The van der Waals surface area contributed by atoms with Gasteiger partial charge in [0, 0.05) is 28.9 Å². The normalized spacial score (nSPS) is 14.0. The fraction of sp³-hybridized carbons (Fsp3) is 0.294. The van der Waals surface area contributed by atoms with Crippen LogP contribution in [0, 0.1) is 17.3 Å². The van der Waals surface area contributed by atoms with E-state index in [-0.39, 0.29) is 0 Å². The topological polar surface area (TPSA) is 46.0 Å². The molecule has 0 aliphatic carbocycles. The van der Waals surface area contributed by atoms with Gasteiger partial charge in [-0.1, -0.05) is 50.8 Å². The Balaban J connectivity index is 2.48. The minimum absolute atomic E-state index is 0.459. The van der Waals surface area contributed by atoms with E-state index in [1.54, 1.807) is 12.4 Å². The molecule has 0 fully saturated rings. The Morgan fingerprint density at radius 2 is 1.60 bits per heavy atom. The Morgan fingerprint density at radius 1 is 1.00 bits per heavy atom. The number of rotatable bonds is 1. The third kappa shape index (κ3) is 2.87. The minimum atomic E-state index is -1.30. The van der Waals surface area contributed by atoms with Gasteiger partial charge in [0.05, 0.1) is 0 Å². The molecule has 1 aromatic carbocycles. The molecule has 0 amide bonds. The maximum atomic E-state index is 11.0. The molecule has 20 heavy (non-hydrogen) atoms. The van der Waals surface area contributed by atoms with Crippen LogP contribution in [0.4, 0.5) is 0 Å². The number of hydrogen-bond donors (Lipinski definition) is 1. The number of nitrogens with zero attached hydrogens (tertiary/aromatic N) is 2. The third-order valence-corrected chi connectivity index (χ3v) is 3.23. The summed E-state index contributed by atoms with van der Waals surface area (Å²) in [6, 6.07) is 9.61. The second kappa shape index (κ2) is 5.44. The van der Waals surface area contributed by atoms with Crippen LogP contribution in [0.5, 0.6) is 0 Å². The predicted molar refractivity (Wildman–Crippen MR) is 78.7 cm³/mol. The lowest BCUT2D eigenvalue weighted by Crippen LogP contribution is -2.39. The summed E-state index contributed by atoms with van der Waals surface area (Å²) >= 11 is 0. The van der Waals surface area contributed by atoms with E-state index < -0.39 is 11.0 Å². The van der Waals surface area contributed by atoms with Gasteiger partial charge in [0.1, 0.15) is 6.33 Å². The summed E-state index contributed by atoms with van der Waals surface area (Å²) in [5.41, 5.74) is -0.285. The molecular formula is C17H18N2O. The van der Waals surface area contributed by atoms with Crippen molar-refractivity contribution in [1.29, 1.82) is 0 Å². The number of aromatic nitrogens is 2. The maximum absolute atomic E-state index is 11.0. The average Bonchev–Trinajstić information content (AvgIpc) is 2.45. The molecule has 0 aliphatic rings. The summed E-state index contributed by atoms with van der Waals surface area (Å²) in [7, 11) is 0. The highest BCUT2D eigenvalue weighted by molar-refractivity contribution is 5.40. The number of hydrogen-bond acceptors (Lipinski definition) is 3. The van der Waals surface area contributed by atoms with Gasteiger partial charge in [-0.05, 0) is 12.1 Å².